The summed E-state index contributed by atoms with van der Waals surface area (Å²) in [4.78, 5) is 21.9. The molecule has 11 atom stereocenters. The molecule has 2 heterocycles. The Kier molecular flexibility index (Phi) is 9.04. The molecule has 0 amide bonds. The van der Waals surface area contributed by atoms with Crippen molar-refractivity contribution in [2.45, 2.75) is 73.9 Å². The van der Waals surface area contributed by atoms with Gasteiger partial charge in [0, 0.05) is 0 Å². The third kappa shape index (κ3) is 6.05. The van der Waals surface area contributed by atoms with Crippen LogP contribution in [0.25, 0.3) is 0 Å². The first-order valence-electron chi connectivity index (χ1n) is 9.19. The maximum atomic E-state index is 11.2. The lowest BCUT2D eigenvalue weighted by Gasteiger charge is -2.43. The van der Waals surface area contributed by atoms with E-state index in [0.717, 1.165) is 0 Å². The van der Waals surface area contributed by atoms with Crippen molar-refractivity contribution in [3.8, 4) is 0 Å². The largest absolute Gasteiger partial charge is 0.481 e. The number of carbonyl (C=O) groups is 2. The first kappa shape index (κ1) is 25.8. The Labute approximate surface area is 174 Å². The summed E-state index contributed by atoms with van der Waals surface area (Å²) in [7, 11) is 0. The number of ether oxygens (including phenoxy) is 4. The summed E-state index contributed by atoms with van der Waals surface area (Å²) in [5, 5.41) is 86.5. The van der Waals surface area contributed by atoms with E-state index in [9.17, 15) is 40.2 Å². The summed E-state index contributed by atoms with van der Waals surface area (Å²) in [6.07, 6.45) is -19.8. The molecule has 15 nitrogen and oxygen atoms in total. The molecule has 9 N–H and O–H groups in total. The van der Waals surface area contributed by atoms with Gasteiger partial charge in [0.2, 0.25) is 0 Å². The maximum absolute atomic E-state index is 11.2. The molecule has 0 aromatic carbocycles. The molecule has 2 fully saturated rings. The molecule has 0 aromatic heterocycles. The van der Waals surface area contributed by atoms with E-state index in [4.69, 9.17) is 34.3 Å². The molecule has 0 aromatic rings. The second-order valence-electron chi connectivity index (χ2n) is 7.11. The summed E-state index contributed by atoms with van der Waals surface area (Å²) >= 11 is 0. The molecular formula is C16H26O15. The van der Waals surface area contributed by atoms with Crippen LogP contribution in [0.1, 0.15) is 6.42 Å². The van der Waals surface area contributed by atoms with Crippen molar-refractivity contribution in [3.63, 3.8) is 0 Å². The molecule has 0 spiro atoms. The summed E-state index contributed by atoms with van der Waals surface area (Å²) in [5.74, 6) is -3.19. The van der Waals surface area contributed by atoms with Gasteiger partial charge in [0.15, 0.2) is 18.7 Å². The van der Waals surface area contributed by atoms with Crippen molar-refractivity contribution in [2.75, 3.05) is 13.2 Å². The minimum Gasteiger partial charge on any atom is -0.481 e. The molecule has 0 unspecified atom stereocenters. The van der Waals surface area contributed by atoms with Gasteiger partial charge >= 0.3 is 11.9 Å². The van der Waals surface area contributed by atoms with Crippen molar-refractivity contribution in [1.29, 1.82) is 0 Å². The van der Waals surface area contributed by atoms with Crippen LogP contribution in [0.4, 0.5) is 0 Å². The molecule has 31 heavy (non-hydrogen) atoms. The fourth-order valence-electron chi connectivity index (χ4n) is 3.08. The lowest BCUT2D eigenvalue weighted by molar-refractivity contribution is -0.334. The van der Waals surface area contributed by atoms with Crippen molar-refractivity contribution in [1.82, 2.24) is 0 Å². The maximum Gasteiger partial charge on any atom is 0.333 e. The highest BCUT2D eigenvalue weighted by Gasteiger charge is 2.48. The van der Waals surface area contributed by atoms with Crippen molar-refractivity contribution in [2.24, 2.45) is 0 Å². The predicted molar refractivity (Wildman–Crippen MR) is 91.2 cm³/mol. The van der Waals surface area contributed by atoms with Crippen molar-refractivity contribution >= 4 is 11.9 Å². The Morgan fingerprint density at radius 3 is 1.81 bits per heavy atom. The standard InChI is InChI=1S/C16H26O15/c17-2-5-8(20)10(22)12(24)15(30-5)28-3-6-9(21)11(23)13(25)16(31-6)29-4(14(26)27)1-7(18)19/h4-6,8-13,15-17,20-25H,1-3H2,(H,18,19)(H,26,27)/t4-,5+,6+,8+,9+,10-,11-,12+,13+,15+,16+/m0/s1. The third-order valence-electron chi connectivity index (χ3n) is 4.88. The lowest BCUT2D eigenvalue weighted by atomic mass is 9.98. The monoisotopic (exact) mass is 458 g/mol. The van der Waals surface area contributed by atoms with Crippen LogP contribution in [0.5, 0.6) is 0 Å². The number of carboxylic acid groups (broad SMARTS) is 2. The minimum atomic E-state index is -1.94. The first-order chi connectivity index (χ1) is 14.5. The van der Waals surface area contributed by atoms with E-state index in [-0.39, 0.29) is 0 Å². The van der Waals surface area contributed by atoms with E-state index in [0.29, 0.717) is 0 Å². The summed E-state index contributed by atoms with van der Waals surface area (Å²) in [6, 6.07) is 0. The summed E-state index contributed by atoms with van der Waals surface area (Å²) in [6.45, 7) is -1.36. The van der Waals surface area contributed by atoms with Crippen LogP contribution < -0.4 is 0 Å². The van der Waals surface area contributed by atoms with Crippen LogP contribution in [0, 0.1) is 0 Å². The predicted octanol–water partition coefficient (Wildman–Crippen LogP) is -5.44. The van der Waals surface area contributed by atoms with Gasteiger partial charge in [-0.3, -0.25) is 4.79 Å². The van der Waals surface area contributed by atoms with Crippen LogP contribution in [0.2, 0.25) is 0 Å². The van der Waals surface area contributed by atoms with Gasteiger partial charge in [-0.15, -0.1) is 0 Å². The van der Waals surface area contributed by atoms with Gasteiger partial charge in [0.1, 0.15) is 48.8 Å². The van der Waals surface area contributed by atoms with E-state index in [1.165, 1.54) is 0 Å². The highest BCUT2D eigenvalue weighted by Crippen LogP contribution is 2.26. The number of aliphatic carboxylic acids is 2. The number of aliphatic hydroxyl groups excluding tert-OH is 7. The Bertz CT molecular complexity index is 614. The second-order valence-corrected chi connectivity index (χ2v) is 7.11. The van der Waals surface area contributed by atoms with E-state index in [1.54, 1.807) is 0 Å². The Morgan fingerprint density at radius 1 is 0.774 bits per heavy atom. The van der Waals surface area contributed by atoms with Gasteiger partial charge in [-0.25, -0.2) is 4.79 Å². The molecule has 15 heteroatoms. The fourth-order valence-corrected chi connectivity index (χ4v) is 3.08. The van der Waals surface area contributed by atoms with Gasteiger partial charge in [0.25, 0.3) is 0 Å². The zero-order chi connectivity index (χ0) is 23.5. The van der Waals surface area contributed by atoms with Crippen LogP contribution in [-0.2, 0) is 28.5 Å². The van der Waals surface area contributed by atoms with E-state index in [1.807, 2.05) is 0 Å². The van der Waals surface area contributed by atoms with Gasteiger partial charge in [0.05, 0.1) is 19.6 Å². The molecule has 180 valence electrons. The molecule has 0 saturated carbocycles. The topological polar surface area (TPSA) is 253 Å². The van der Waals surface area contributed by atoms with E-state index in [2.05, 4.69) is 0 Å². The molecule has 2 aliphatic heterocycles. The molecule has 0 radical (unpaired) electrons. The molecule has 2 aliphatic rings. The van der Waals surface area contributed by atoms with Gasteiger partial charge in [-0.2, -0.15) is 0 Å². The average molecular weight is 458 g/mol. The first-order valence-corrected chi connectivity index (χ1v) is 9.19. The normalized spacial score (nSPS) is 42.2. The minimum absolute atomic E-state index is 0.649. The van der Waals surface area contributed by atoms with Gasteiger partial charge < -0.3 is 64.9 Å². The third-order valence-corrected chi connectivity index (χ3v) is 4.88. The van der Waals surface area contributed by atoms with Crippen molar-refractivity contribution < 1.29 is 74.5 Å². The summed E-state index contributed by atoms with van der Waals surface area (Å²) in [5.41, 5.74) is 0. The quantitative estimate of drug-likeness (QED) is 0.156. The number of hydrogen-bond acceptors (Lipinski definition) is 13. The smallest absolute Gasteiger partial charge is 0.333 e. The van der Waals surface area contributed by atoms with Gasteiger partial charge in [-0.1, -0.05) is 0 Å². The Hall–Kier alpha value is -1.50. The number of aliphatic hydroxyl groups is 7. The lowest BCUT2D eigenvalue weighted by Crippen LogP contribution is -2.62. The van der Waals surface area contributed by atoms with Crippen LogP contribution in [0.15, 0.2) is 0 Å². The molecule has 2 saturated heterocycles. The van der Waals surface area contributed by atoms with E-state index < -0.39 is 99.1 Å². The molecular weight excluding hydrogens is 432 g/mol. The average Bonchev–Trinajstić information content (AvgIpc) is 2.71. The highest BCUT2D eigenvalue weighted by atomic mass is 16.7. The van der Waals surface area contributed by atoms with E-state index >= 15 is 0 Å². The molecule has 0 bridgehead atoms. The number of rotatable bonds is 9. The van der Waals surface area contributed by atoms with Crippen LogP contribution in [0.3, 0.4) is 0 Å². The zero-order valence-corrected chi connectivity index (χ0v) is 15.9. The van der Waals surface area contributed by atoms with Gasteiger partial charge in [-0.05, 0) is 0 Å². The van der Waals surface area contributed by atoms with Crippen LogP contribution >= 0.6 is 0 Å². The summed E-state index contributed by atoms with van der Waals surface area (Å²) < 4.78 is 20.5. The zero-order valence-electron chi connectivity index (χ0n) is 15.9. The molecule has 0 aliphatic carbocycles. The van der Waals surface area contributed by atoms with Crippen LogP contribution in [-0.4, -0.2) is 139 Å². The second kappa shape index (κ2) is 10.9. The van der Waals surface area contributed by atoms with Crippen molar-refractivity contribution in [3.05, 3.63) is 0 Å². The number of carboxylic acids is 2. The molecule has 2 rings (SSSR count). The fraction of sp³-hybridized carbons (Fsp3) is 0.875. The highest BCUT2D eigenvalue weighted by molar-refractivity contribution is 5.79. The number of hydrogen-bond donors (Lipinski definition) is 9. The Morgan fingerprint density at radius 2 is 1.29 bits per heavy atom. The Balaban J connectivity index is 2.04. The SMILES string of the molecule is O=C(O)C[C@H](O[C@@H]1O[C@H](CO[C@@H]2O[C@H](CO)[C@@H](O)[C@H](O)[C@H]2O)[C@@H](O)[C@H](O)[C@H]1O)C(=O)O.